The Balaban J connectivity index is 2.40. The van der Waals surface area contributed by atoms with Crippen LogP contribution in [0.15, 0.2) is 6.07 Å². The van der Waals surface area contributed by atoms with E-state index < -0.39 is 10.0 Å². The molecular formula is C13H22N4O2S. The standard InChI is InChI=1S/C13H22N4O2S/c1-5-20(18,19)17-8-6-7-12(17)11-9-13(16(3)4)15-10(2)14-11/h9,12H,5-8H2,1-4H3/t12-/m0/s1. The fourth-order valence-corrected chi connectivity index (χ4v) is 3.85. The maximum Gasteiger partial charge on any atom is 0.214 e. The molecule has 0 aromatic carbocycles. The summed E-state index contributed by atoms with van der Waals surface area (Å²) < 4.78 is 25.9. The molecule has 1 fully saturated rings. The number of hydrogen-bond acceptors (Lipinski definition) is 5. The summed E-state index contributed by atoms with van der Waals surface area (Å²) in [5.41, 5.74) is 0.802. The Labute approximate surface area is 120 Å². The van der Waals surface area contributed by atoms with Crippen molar-refractivity contribution in [1.82, 2.24) is 14.3 Å². The zero-order valence-corrected chi connectivity index (χ0v) is 13.3. The number of hydrogen-bond donors (Lipinski definition) is 0. The molecule has 0 amide bonds. The first-order valence-electron chi connectivity index (χ1n) is 6.87. The normalized spacial score (nSPS) is 20.3. The summed E-state index contributed by atoms with van der Waals surface area (Å²) in [6.45, 7) is 4.10. The van der Waals surface area contributed by atoms with E-state index in [2.05, 4.69) is 9.97 Å². The topological polar surface area (TPSA) is 66.4 Å². The highest BCUT2D eigenvalue weighted by Crippen LogP contribution is 2.34. The lowest BCUT2D eigenvalue weighted by molar-refractivity contribution is 0.390. The Kier molecular flexibility index (Phi) is 4.29. The Hall–Kier alpha value is -1.21. The van der Waals surface area contributed by atoms with E-state index in [1.165, 1.54) is 0 Å². The zero-order valence-electron chi connectivity index (χ0n) is 12.5. The van der Waals surface area contributed by atoms with Crippen molar-refractivity contribution in [3.8, 4) is 0 Å². The summed E-state index contributed by atoms with van der Waals surface area (Å²) in [6.07, 6.45) is 1.70. The minimum absolute atomic E-state index is 0.133. The highest BCUT2D eigenvalue weighted by molar-refractivity contribution is 7.89. The average molecular weight is 298 g/mol. The van der Waals surface area contributed by atoms with Gasteiger partial charge in [-0.3, -0.25) is 0 Å². The second-order valence-electron chi connectivity index (χ2n) is 5.26. The molecule has 1 saturated heterocycles. The molecule has 0 aliphatic carbocycles. The average Bonchev–Trinajstić information content (AvgIpc) is 2.88. The molecule has 0 bridgehead atoms. The number of aryl methyl sites for hydroxylation is 1. The van der Waals surface area contributed by atoms with E-state index in [0.29, 0.717) is 12.4 Å². The highest BCUT2D eigenvalue weighted by Gasteiger charge is 2.35. The van der Waals surface area contributed by atoms with Crippen molar-refractivity contribution in [3.63, 3.8) is 0 Å². The molecule has 0 saturated carbocycles. The first-order chi connectivity index (χ1) is 9.35. The smallest absolute Gasteiger partial charge is 0.214 e. The number of nitrogens with zero attached hydrogens (tertiary/aromatic N) is 4. The van der Waals surface area contributed by atoms with Gasteiger partial charge in [-0.2, -0.15) is 4.31 Å². The van der Waals surface area contributed by atoms with Crippen LogP contribution in [-0.2, 0) is 10.0 Å². The van der Waals surface area contributed by atoms with E-state index in [1.807, 2.05) is 32.0 Å². The van der Waals surface area contributed by atoms with Crippen LogP contribution >= 0.6 is 0 Å². The molecule has 1 aromatic heterocycles. The number of rotatable bonds is 4. The summed E-state index contributed by atoms with van der Waals surface area (Å²) >= 11 is 0. The molecule has 6 nitrogen and oxygen atoms in total. The SMILES string of the molecule is CCS(=O)(=O)N1CCC[C@H]1c1cc(N(C)C)nc(C)n1. The molecule has 0 unspecified atom stereocenters. The van der Waals surface area contributed by atoms with Gasteiger partial charge in [-0.25, -0.2) is 18.4 Å². The van der Waals surface area contributed by atoms with E-state index in [0.717, 1.165) is 24.4 Å². The molecular weight excluding hydrogens is 276 g/mol. The second kappa shape index (κ2) is 5.65. The fourth-order valence-electron chi connectivity index (χ4n) is 2.51. The molecule has 2 heterocycles. The maximum absolute atomic E-state index is 12.2. The molecule has 1 atom stereocenters. The van der Waals surface area contributed by atoms with Crippen molar-refractivity contribution >= 4 is 15.8 Å². The third-order valence-electron chi connectivity index (χ3n) is 3.57. The lowest BCUT2D eigenvalue weighted by atomic mass is 10.1. The van der Waals surface area contributed by atoms with Crippen molar-refractivity contribution in [2.24, 2.45) is 0 Å². The first kappa shape index (κ1) is 15.2. The molecule has 7 heteroatoms. The van der Waals surface area contributed by atoms with Crippen LogP contribution in [0.3, 0.4) is 0 Å². The zero-order chi connectivity index (χ0) is 14.9. The van der Waals surface area contributed by atoms with Crippen LogP contribution in [0.4, 0.5) is 5.82 Å². The quantitative estimate of drug-likeness (QED) is 0.839. The maximum atomic E-state index is 12.2. The second-order valence-corrected chi connectivity index (χ2v) is 7.47. The lowest BCUT2D eigenvalue weighted by Crippen LogP contribution is -2.32. The van der Waals surface area contributed by atoms with Gasteiger partial charge in [0.25, 0.3) is 0 Å². The van der Waals surface area contributed by atoms with Crippen LogP contribution in [0.1, 0.15) is 37.3 Å². The Morgan fingerprint density at radius 3 is 2.70 bits per heavy atom. The Morgan fingerprint density at radius 2 is 2.10 bits per heavy atom. The predicted octanol–water partition coefficient (Wildman–Crippen LogP) is 1.34. The van der Waals surface area contributed by atoms with Crippen LogP contribution in [0.5, 0.6) is 0 Å². The van der Waals surface area contributed by atoms with Crippen LogP contribution < -0.4 is 4.90 Å². The lowest BCUT2D eigenvalue weighted by Gasteiger charge is -2.24. The predicted molar refractivity (Wildman–Crippen MR) is 79.2 cm³/mol. The van der Waals surface area contributed by atoms with Gasteiger partial charge in [0.05, 0.1) is 17.5 Å². The Bertz CT molecular complexity index is 586. The van der Waals surface area contributed by atoms with Crippen LogP contribution in [0, 0.1) is 6.92 Å². The van der Waals surface area contributed by atoms with E-state index in [1.54, 1.807) is 11.2 Å². The Morgan fingerprint density at radius 1 is 1.40 bits per heavy atom. The third-order valence-corrected chi connectivity index (χ3v) is 5.45. The van der Waals surface area contributed by atoms with Gasteiger partial charge in [-0.1, -0.05) is 0 Å². The van der Waals surface area contributed by atoms with Gasteiger partial charge in [0.2, 0.25) is 10.0 Å². The molecule has 0 spiro atoms. The van der Waals surface area contributed by atoms with Crippen LogP contribution in [0.2, 0.25) is 0 Å². The molecule has 1 aliphatic rings. The van der Waals surface area contributed by atoms with Crippen molar-refractivity contribution in [2.75, 3.05) is 31.3 Å². The monoisotopic (exact) mass is 298 g/mol. The molecule has 0 N–H and O–H groups in total. The van der Waals surface area contributed by atoms with Gasteiger partial charge in [0.1, 0.15) is 11.6 Å². The van der Waals surface area contributed by atoms with E-state index >= 15 is 0 Å². The minimum Gasteiger partial charge on any atom is -0.363 e. The first-order valence-corrected chi connectivity index (χ1v) is 8.48. The van der Waals surface area contributed by atoms with Gasteiger partial charge < -0.3 is 4.90 Å². The molecule has 1 aromatic rings. The largest absolute Gasteiger partial charge is 0.363 e. The number of sulfonamides is 1. The number of aromatic nitrogens is 2. The molecule has 0 radical (unpaired) electrons. The number of anilines is 1. The van der Waals surface area contributed by atoms with E-state index in [9.17, 15) is 8.42 Å². The van der Waals surface area contributed by atoms with Crippen LogP contribution in [-0.4, -0.2) is 49.1 Å². The van der Waals surface area contributed by atoms with Crippen molar-refractivity contribution < 1.29 is 8.42 Å². The van der Waals surface area contributed by atoms with Crippen molar-refractivity contribution in [3.05, 3.63) is 17.6 Å². The van der Waals surface area contributed by atoms with Gasteiger partial charge >= 0.3 is 0 Å². The van der Waals surface area contributed by atoms with Gasteiger partial charge in [-0.05, 0) is 26.7 Å². The van der Waals surface area contributed by atoms with Crippen molar-refractivity contribution in [1.29, 1.82) is 0 Å². The van der Waals surface area contributed by atoms with E-state index in [4.69, 9.17) is 0 Å². The molecule has 112 valence electrons. The summed E-state index contributed by atoms with van der Waals surface area (Å²) in [5.74, 6) is 1.62. The minimum atomic E-state index is -3.18. The molecule has 2 rings (SSSR count). The third kappa shape index (κ3) is 2.93. The van der Waals surface area contributed by atoms with Gasteiger partial charge in [-0.15, -0.1) is 0 Å². The summed E-state index contributed by atoms with van der Waals surface area (Å²) in [6, 6.07) is 1.74. The highest BCUT2D eigenvalue weighted by atomic mass is 32.2. The fraction of sp³-hybridized carbons (Fsp3) is 0.692. The summed E-state index contributed by atoms with van der Waals surface area (Å²) in [4.78, 5) is 10.7. The summed E-state index contributed by atoms with van der Waals surface area (Å²) in [7, 11) is 0.653. The molecule has 20 heavy (non-hydrogen) atoms. The van der Waals surface area contributed by atoms with Gasteiger partial charge in [0.15, 0.2) is 0 Å². The molecule has 1 aliphatic heterocycles. The summed E-state index contributed by atoms with van der Waals surface area (Å²) in [5, 5.41) is 0. The van der Waals surface area contributed by atoms with Crippen molar-refractivity contribution in [2.45, 2.75) is 32.7 Å². The van der Waals surface area contributed by atoms with Crippen LogP contribution in [0.25, 0.3) is 0 Å². The van der Waals surface area contributed by atoms with Gasteiger partial charge in [0, 0.05) is 26.7 Å². The van der Waals surface area contributed by atoms with E-state index in [-0.39, 0.29) is 11.8 Å².